The molecular weight excluding hydrogens is 254 g/mol. The van der Waals surface area contributed by atoms with E-state index in [0.717, 1.165) is 13.0 Å². The van der Waals surface area contributed by atoms with E-state index >= 15 is 0 Å². The molecule has 2 aliphatic rings. The quantitative estimate of drug-likeness (QED) is 0.740. The van der Waals surface area contributed by atoms with Crippen LogP contribution in [0.5, 0.6) is 0 Å². The predicted octanol–water partition coefficient (Wildman–Crippen LogP) is 2.75. The molecule has 2 aliphatic heterocycles. The molecule has 0 N–H and O–H groups in total. The molecule has 0 aromatic heterocycles. The van der Waals surface area contributed by atoms with Crippen molar-refractivity contribution in [1.82, 2.24) is 4.90 Å². The highest BCUT2D eigenvalue weighted by atomic mass is 16.6. The lowest BCUT2D eigenvalue weighted by Gasteiger charge is -2.37. The van der Waals surface area contributed by atoms with Crippen LogP contribution < -0.4 is 0 Å². The molecule has 0 bridgehead atoms. The summed E-state index contributed by atoms with van der Waals surface area (Å²) in [5, 5.41) is 0. The Kier molecular flexibility index (Phi) is 3.21. The SMILES string of the molecule is CC(C)(C)OC(=O)N1Cc2ccccc2C[C@H]1C1CO1. The largest absolute Gasteiger partial charge is 0.444 e. The van der Waals surface area contributed by atoms with E-state index in [1.165, 1.54) is 11.1 Å². The minimum absolute atomic E-state index is 0.0970. The lowest BCUT2D eigenvalue weighted by Crippen LogP contribution is -2.49. The van der Waals surface area contributed by atoms with Crippen LogP contribution in [-0.2, 0) is 22.4 Å². The third-order valence-electron chi connectivity index (χ3n) is 3.70. The first kappa shape index (κ1) is 13.4. The predicted molar refractivity (Wildman–Crippen MR) is 75.5 cm³/mol. The van der Waals surface area contributed by atoms with Gasteiger partial charge < -0.3 is 9.47 Å². The number of epoxide rings is 1. The Morgan fingerprint density at radius 2 is 1.95 bits per heavy atom. The summed E-state index contributed by atoms with van der Waals surface area (Å²) in [5.74, 6) is 0. The Hall–Kier alpha value is -1.55. The van der Waals surface area contributed by atoms with Gasteiger partial charge in [-0.05, 0) is 38.3 Å². The van der Waals surface area contributed by atoms with Crippen LogP contribution >= 0.6 is 0 Å². The van der Waals surface area contributed by atoms with Gasteiger partial charge in [-0.3, -0.25) is 4.90 Å². The molecule has 4 heteroatoms. The maximum absolute atomic E-state index is 12.4. The number of rotatable bonds is 1. The lowest BCUT2D eigenvalue weighted by atomic mass is 9.93. The van der Waals surface area contributed by atoms with Crippen LogP contribution in [0.4, 0.5) is 4.79 Å². The summed E-state index contributed by atoms with van der Waals surface area (Å²) in [4.78, 5) is 14.2. The topological polar surface area (TPSA) is 42.1 Å². The molecular formula is C16H21NO3. The number of carbonyl (C=O) groups is 1. The Morgan fingerprint density at radius 3 is 2.55 bits per heavy atom. The first-order valence-corrected chi connectivity index (χ1v) is 7.12. The summed E-state index contributed by atoms with van der Waals surface area (Å²) in [5.41, 5.74) is 2.05. The molecule has 0 saturated carbocycles. The number of amides is 1. The van der Waals surface area contributed by atoms with Gasteiger partial charge in [0.15, 0.2) is 0 Å². The highest BCUT2D eigenvalue weighted by Crippen LogP contribution is 2.31. The summed E-state index contributed by atoms with van der Waals surface area (Å²) in [6, 6.07) is 8.38. The number of carbonyl (C=O) groups excluding carboxylic acids is 1. The standard InChI is InChI=1S/C16H21NO3/c1-16(2,3)20-15(18)17-9-12-7-5-4-6-11(12)8-13(17)14-10-19-14/h4-7,13-14H,8-10H2,1-3H3/t13-,14?/m0/s1. The van der Waals surface area contributed by atoms with Gasteiger partial charge in [0.25, 0.3) is 0 Å². The van der Waals surface area contributed by atoms with Crippen molar-refractivity contribution in [2.75, 3.05) is 6.61 Å². The van der Waals surface area contributed by atoms with Gasteiger partial charge in [-0.2, -0.15) is 0 Å². The molecule has 4 nitrogen and oxygen atoms in total. The number of hydrogen-bond acceptors (Lipinski definition) is 3. The summed E-state index contributed by atoms with van der Waals surface area (Å²) >= 11 is 0. The van der Waals surface area contributed by atoms with Crippen molar-refractivity contribution < 1.29 is 14.3 Å². The number of nitrogens with zero attached hydrogens (tertiary/aromatic N) is 1. The van der Waals surface area contributed by atoms with Gasteiger partial charge in [0.05, 0.1) is 12.6 Å². The van der Waals surface area contributed by atoms with E-state index < -0.39 is 5.60 Å². The zero-order valence-electron chi connectivity index (χ0n) is 12.3. The molecule has 2 heterocycles. The molecule has 0 spiro atoms. The van der Waals surface area contributed by atoms with Crippen molar-refractivity contribution in [3.63, 3.8) is 0 Å². The third-order valence-corrected chi connectivity index (χ3v) is 3.70. The minimum Gasteiger partial charge on any atom is -0.444 e. The smallest absolute Gasteiger partial charge is 0.410 e. The molecule has 1 fully saturated rings. The van der Waals surface area contributed by atoms with Crippen LogP contribution in [0.25, 0.3) is 0 Å². The van der Waals surface area contributed by atoms with Crippen LogP contribution in [-0.4, -0.2) is 35.3 Å². The van der Waals surface area contributed by atoms with Crippen molar-refractivity contribution in [2.45, 2.75) is 51.5 Å². The maximum atomic E-state index is 12.4. The Morgan fingerprint density at radius 1 is 1.30 bits per heavy atom. The molecule has 1 saturated heterocycles. The van der Waals surface area contributed by atoms with Crippen molar-refractivity contribution in [1.29, 1.82) is 0 Å². The van der Waals surface area contributed by atoms with Crippen LogP contribution in [0.1, 0.15) is 31.9 Å². The van der Waals surface area contributed by atoms with Gasteiger partial charge >= 0.3 is 6.09 Å². The van der Waals surface area contributed by atoms with E-state index in [9.17, 15) is 4.79 Å². The van der Waals surface area contributed by atoms with Crippen LogP contribution in [0.15, 0.2) is 24.3 Å². The summed E-state index contributed by atoms with van der Waals surface area (Å²) < 4.78 is 11.0. The van der Waals surface area contributed by atoms with E-state index in [0.29, 0.717) is 6.54 Å². The normalized spacial score (nSPS) is 25.1. The molecule has 1 unspecified atom stereocenters. The molecule has 2 atom stereocenters. The van der Waals surface area contributed by atoms with Gasteiger partial charge in [-0.1, -0.05) is 24.3 Å². The van der Waals surface area contributed by atoms with Crippen LogP contribution in [0.3, 0.4) is 0 Å². The van der Waals surface area contributed by atoms with E-state index in [1.54, 1.807) is 0 Å². The van der Waals surface area contributed by atoms with E-state index in [4.69, 9.17) is 9.47 Å². The maximum Gasteiger partial charge on any atom is 0.410 e. The second kappa shape index (κ2) is 4.77. The summed E-state index contributed by atoms with van der Waals surface area (Å²) in [7, 11) is 0. The highest BCUT2D eigenvalue weighted by molar-refractivity contribution is 5.69. The van der Waals surface area contributed by atoms with Crippen LogP contribution in [0, 0.1) is 0 Å². The number of benzene rings is 1. The third kappa shape index (κ3) is 2.80. The van der Waals surface area contributed by atoms with E-state index in [-0.39, 0.29) is 18.2 Å². The molecule has 0 aliphatic carbocycles. The number of hydrogen-bond donors (Lipinski definition) is 0. The number of ether oxygens (including phenoxy) is 2. The summed E-state index contributed by atoms with van der Waals surface area (Å²) in [6.07, 6.45) is 0.767. The first-order valence-electron chi connectivity index (χ1n) is 7.12. The highest BCUT2D eigenvalue weighted by Gasteiger charge is 2.42. The van der Waals surface area contributed by atoms with Gasteiger partial charge in [0.2, 0.25) is 0 Å². The van der Waals surface area contributed by atoms with Gasteiger partial charge in [0.1, 0.15) is 11.7 Å². The molecule has 1 aromatic rings. The van der Waals surface area contributed by atoms with Crippen molar-refractivity contribution in [2.24, 2.45) is 0 Å². The zero-order chi connectivity index (χ0) is 14.3. The van der Waals surface area contributed by atoms with Crippen molar-refractivity contribution in [3.05, 3.63) is 35.4 Å². The van der Waals surface area contributed by atoms with E-state index in [1.807, 2.05) is 37.8 Å². The Balaban J connectivity index is 1.83. The molecule has 3 rings (SSSR count). The second-order valence-corrected chi connectivity index (χ2v) is 6.52. The molecule has 0 radical (unpaired) electrons. The minimum atomic E-state index is -0.469. The first-order chi connectivity index (χ1) is 9.44. The van der Waals surface area contributed by atoms with Gasteiger partial charge in [0, 0.05) is 6.54 Å². The summed E-state index contributed by atoms with van der Waals surface area (Å²) in [6.45, 7) is 7.03. The van der Waals surface area contributed by atoms with Gasteiger partial charge in [-0.25, -0.2) is 4.79 Å². The lowest BCUT2D eigenvalue weighted by molar-refractivity contribution is 0.00863. The van der Waals surface area contributed by atoms with Crippen molar-refractivity contribution in [3.8, 4) is 0 Å². The fourth-order valence-corrected chi connectivity index (χ4v) is 2.68. The Labute approximate surface area is 119 Å². The van der Waals surface area contributed by atoms with Gasteiger partial charge in [-0.15, -0.1) is 0 Å². The monoisotopic (exact) mass is 275 g/mol. The van der Waals surface area contributed by atoms with Crippen LogP contribution in [0.2, 0.25) is 0 Å². The second-order valence-electron chi connectivity index (χ2n) is 6.52. The van der Waals surface area contributed by atoms with E-state index in [2.05, 4.69) is 12.1 Å². The fraction of sp³-hybridized carbons (Fsp3) is 0.562. The zero-order valence-corrected chi connectivity index (χ0v) is 12.3. The average molecular weight is 275 g/mol. The molecule has 1 aromatic carbocycles. The molecule has 108 valence electrons. The molecule has 20 heavy (non-hydrogen) atoms. The molecule has 1 amide bonds. The van der Waals surface area contributed by atoms with Crippen molar-refractivity contribution >= 4 is 6.09 Å². The number of fused-ring (bicyclic) bond motifs is 1. The Bertz CT molecular complexity index is 517. The average Bonchev–Trinajstić information content (AvgIpc) is 3.19. The fourth-order valence-electron chi connectivity index (χ4n) is 2.68.